The Hall–Kier alpha value is -2.29. The molecule has 0 bridgehead atoms. The number of amides is 1. The number of carbonyl (C=O) groups is 1. The molecule has 0 unspecified atom stereocenters. The van der Waals surface area contributed by atoms with E-state index in [0.29, 0.717) is 0 Å². The first-order valence-corrected chi connectivity index (χ1v) is 8.66. The molecule has 3 rings (SSSR count). The Morgan fingerprint density at radius 1 is 1.21 bits per heavy atom. The van der Waals surface area contributed by atoms with Gasteiger partial charge in [-0.3, -0.25) is 4.79 Å². The third kappa shape index (κ3) is 3.61. The zero-order chi connectivity index (χ0) is 17.1. The van der Waals surface area contributed by atoms with E-state index < -0.39 is 6.10 Å². The van der Waals surface area contributed by atoms with Gasteiger partial charge in [0.05, 0.1) is 6.04 Å². The van der Waals surface area contributed by atoms with Gasteiger partial charge in [-0.15, -0.1) is 0 Å². The highest BCUT2D eigenvalue weighted by atomic mass is 16.5. The minimum absolute atomic E-state index is 0.0578. The predicted octanol–water partition coefficient (Wildman–Crippen LogP) is 4.26. The van der Waals surface area contributed by atoms with Gasteiger partial charge < -0.3 is 10.1 Å². The Bertz CT molecular complexity index is 738. The molecule has 3 nitrogen and oxygen atoms in total. The largest absolute Gasteiger partial charge is 0.481 e. The predicted molar refractivity (Wildman–Crippen MR) is 96.3 cm³/mol. The quantitative estimate of drug-likeness (QED) is 0.913. The molecule has 1 amide bonds. The Morgan fingerprint density at radius 3 is 2.83 bits per heavy atom. The molecule has 0 saturated heterocycles. The van der Waals surface area contributed by atoms with Gasteiger partial charge in [-0.2, -0.15) is 0 Å². The van der Waals surface area contributed by atoms with Crippen molar-refractivity contribution in [3.63, 3.8) is 0 Å². The number of hydrogen-bond acceptors (Lipinski definition) is 2. The van der Waals surface area contributed by atoms with Gasteiger partial charge in [0.2, 0.25) is 0 Å². The van der Waals surface area contributed by atoms with E-state index in [1.54, 1.807) is 0 Å². The summed E-state index contributed by atoms with van der Waals surface area (Å²) in [5.41, 5.74) is 4.76. The lowest BCUT2D eigenvalue weighted by Crippen LogP contribution is -2.39. The summed E-state index contributed by atoms with van der Waals surface area (Å²) in [6.45, 7) is 5.83. The van der Waals surface area contributed by atoms with E-state index in [1.807, 2.05) is 45.0 Å². The normalized spacial score (nSPS) is 17.7. The average molecular weight is 323 g/mol. The molecule has 0 aliphatic heterocycles. The van der Waals surface area contributed by atoms with Crippen molar-refractivity contribution in [3.05, 3.63) is 64.7 Å². The van der Waals surface area contributed by atoms with E-state index in [-0.39, 0.29) is 11.9 Å². The van der Waals surface area contributed by atoms with E-state index in [9.17, 15) is 4.79 Å². The van der Waals surface area contributed by atoms with Crippen molar-refractivity contribution in [2.45, 2.75) is 52.2 Å². The van der Waals surface area contributed by atoms with Crippen LogP contribution in [0.5, 0.6) is 5.75 Å². The van der Waals surface area contributed by atoms with Crippen molar-refractivity contribution in [1.82, 2.24) is 5.32 Å². The number of aryl methyl sites for hydroxylation is 3. The summed E-state index contributed by atoms with van der Waals surface area (Å²) in [6.07, 6.45) is 2.67. The monoisotopic (exact) mass is 323 g/mol. The molecular weight excluding hydrogens is 298 g/mol. The molecule has 1 aliphatic rings. The maximum atomic E-state index is 12.6. The molecule has 0 spiro atoms. The highest BCUT2D eigenvalue weighted by molar-refractivity contribution is 5.81. The topological polar surface area (TPSA) is 38.3 Å². The molecule has 126 valence electrons. The van der Waals surface area contributed by atoms with Crippen LogP contribution < -0.4 is 10.1 Å². The second-order valence-electron chi connectivity index (χ2n) is 6.68. The number of benzene rings is 2. The van der Waals surface area contributed by atoms with Crippen LogP contribution in [0.2, 0.25) is 0 Å². The molecule has 24 heavy (non-hydrogen) atoms. The van der Waals surface area contributed by atoms with Crippen molar-refractivity contribution < 1.29 is 9.53 Å². The lowest BCUT2D eigenvalue weighted by Gasteiger charge is -2.27. The molecule has 2 atom stereocenters. The number of ether oxygens (including phenoxy) is 1. The van der Waals surface area contributed by atoms with E-state index in [4.69, 9.17) is 4.74 Å². The van der Waals surface area contributed by atoms with Gasteiger partial charge in [0.1, 0.15) is 5.75 Å². The molecule has 2 aromatic carbocycles. The molecular formula is C21H25NO2. The zero-order valence-corrected chi connectivity index (χ0v) is 14.6. The van der Waals surface area contributed by atoms with Crippen LogP contribution in [0, 0.1) is 13.8 Å². The fourth-order valence-electron chi connectivity index (χ4n) is 3.27. The molecule has 2 aromatic rings. The first-order valence-electron chi connectivity index (χ1n) is 8.66. The standard InChI is InChI=1S/C21H25NO2/c1-14-11-12-15(2)20(13-14)24-16(3)21(23)22-19-10-6-8-17-7-4-5-9-18(17)19/h4-5,7,9,11-13,16,19H,6,8,10H2,1-3H3,(H,22,23)/t16-,19+/m0/s1. The molecule has 0 fully saturated rings. The van der Waals surface area contributed by atoms with Crippen LogP contribution in [-0.4, -0.2) is 12.0 Å². The Kier molecular flexibility index (Phi) is 4.89. The molecule has 0 radical (unpaired) electrons. The van der Waals surface area contributed by atoms with Crippen LogP contribution in [0.15, 0.2) is 42.5 Å². The smallest absolute Gasteiger partial charge is 0.261 e. The highest BCUT2D eigenvalue weighted by Crippen LogP contribution is 2.29. The first-order chi connectivity index (χ1) is 11.5. The maximum absolute atomic E-state index is 12.6. The van der Waals surface area contributed by atoms with E-state index in [1.165, 1.54) is 11.1 Å². The first kappa shape index (κ1) is 16.6. The highest BCUT2D eigenvalue weighted by Gasteiger charge is 2.24. The van der Waals surface area contributed by atoms with E-state index in [2.05, 4.69) is 23.5 Å². The van der Waals surface area contributed by atoms with Crippen molar-refractivity contribution in [1.29, 1.82) is 0 Å². The van der Waals surface area contributed by atoms with Crippen molar-refractivity contribution in [2.24, 2.45) is 0 Å². The third-order valence-electron chi connectivity index (χ3n) is 4.70. The molecule has 1 N–H and O–H groups in total. The fourth-order valence-corrected chi connectivity index (χ4v) is 3.27. The average Bonchev–Trinajstić information content (AvgIpc) is 2.58. The van der Waals surface area contributed by atoms with Crippen molar-refractivity contribution >= 4 is 5.91 Å². The van der Waals surface area contributed by atoms with Gasteiger partial charge in [-0.1, -0.05) is 36.4 Å². The minimum atomic E-state index is -0.514. The van der Waals surface area contributed by atoms with Gasteiger partial charge in [0, 0.05) is 0 Å². The molecule has 0 aromatic heterocycles. The second kappa shape index (κ2) is 7.08. The van der Waals surface area contributed by atoms with Gasteiger partial charge in [-0.25, -0.2) is 0 Å². The van der Waals surface area contributed by atoms with Crippen LogP contribution in [0.1, 0.15) is 48.1 Å². The minimum Gasteiger partial charge on any atom is -0.481 e. The number of rotatable bonds is 4. The molecule has 1 aliphatic carbocycles. The van der Waals surface area contributed by atoms with Gasteiger partial charge in [0.25, 0.3) is 5.91 Å². The third-order valence-corrected chi connectivity index (χ3v) is 4.70. The van der Waals surface area contributed by atoms with Gasteiger partial charge in [-0.05, 0) is 68.4 Å². The Balaban J connectivity index is 1.68. The molecule has 0 saturated carbocycles. The SMILES string of the molecule is Cc1ccc(C)c(O[C@@H](C)C(=O)N[C@@H]2CCCc3ccccc32)c1. The number of carbonyl (C=O) groups excluding carboxylic acids is 1. The number of hydrogen-bond donors (Lipinski definition) is 1. The number of fused-ring (bicyclic) bond motifs is 1. The van der Waals surface area contributed by atoms with Crippen molar-refractivity contribution in [2.75, 3.05) is 0 Å². The van der Waals surface area contributed by atoms with Crippen LogP contribution in [0.25, 0.3) is 0 Å². The fraction of sp³-hybridized carbons (Fsp3) is 0.381. The van der Waals surface area contributed by atoms with Gasteiger partial charge >= 0.3 is 0 Å². The maximum Gasteiger partial charge on any atom is 0.261 e. The van der Waals surface area contributed by atoms with E-state index >= 15 is 0 Å². The second-order valence-corrected chi connectivity index (χ2v) is 6.68. The lowest BCUT2D eigenvalue weighted by molar-refractivity contribution is -0.128. The summed E-state index contributed by atoms with van der Waals surface area (Å²) in [5, 5.41) is 3.17. The summed E-state index contributed by atoms with van der Waals surface area (Å²) in [4.78, 5) is 12.6. The number of nitrogens with one attached hydrogen (secondary N) is 1. The van der Waals surface area contributed by atoms with E-state index in [0.717, 1.165) is 36.1 Å². The van der Waals surface area contributed by atoms with Crippen LogP contribution in [0.3, 0.4) is 0 Å². The molecule has 3 heteroatoms. The Labute approximate surface area is 144 Å². The van der Waals surface area contributed by atoms with Crippen LogP contribution >= 0.6 is 0 Å². The Morgan fingerprint density at radius 2 is 2.00 bits per heavy atom. The summed E-state index contributed by atoms with van der Waals surface area (Å²) < 4.78 is 5.91. The summed E-state index contributed by atoms with van der Waals surface area (Å²) in [6, 6.07) is 14.5. The lowest BCUT2D eigenvalue weighted by atomic mass is 9.87. The van der Waals surface area contributed by atoms with Crippen LogP contribution in [0.4, 0.5) is 0 Å². The van der Waals surface area contributed by atoms with Gasteiger partial charge in [0.15, 0.2) is 6.10 Å². The molecule has 0 heterocycles. The van der Waals surface area contributed by atoms with Crippen molar-refractivity contribution in [3.8, 4) is 5.75 Å². The zero-order valence-electron chi connectivity index (χ0n) is 14.6. The summed E-state index contributed by atoms with van der Waals surface area (Å²) in [7, 11) is 0. The summed E-state index contributed by atoms with van der Waals surface area (Å²) >= 11 is 0. The van der Waals surface area contributed by atoms with Crippen LogP contribution in [-0.2, 0) is 11.2 Å². The summed E-state index contributed by atoms with van der Waals surface area (Å²) in [5.74, 6) is 0.722.